The third-order valence-corrected chi connectivity index (χ3v) is 3.88. The first-order chi connectivity index (χ1) is 7.18. The van der Waals surface area contributed by atoms with Crippen LogP contribution in [0.15, 0.2) is 11.4 Å². The topological polar surface area (TPSA) is 46.3 Å². The summed E-state index contributed by atoms with van der Waals surface area (Å²) < 4.78 is 0. The highest BCUT2D eigenvalue weighted by Gasteiger charge is 2.23. The molecule has 1 aliphatic rings. The van der Waals surface area contributed by atoms with E-state index < -0.39 is 0 Å². The van der Waals surface area contributed by atoms with Gasteiger partial charge in [0, 0.05) is 13.1 Å². The van der Waals surface area contributed by atoms with Crippen LogP contribution >= 0.6 is 11.3 Å². The third-order valence-electron chi connectivity index (χ3n) is 2.96. The first-order valence-corrected chi connectivity index (χ1v) is 6.18. The fourth-order valence-corrected chi connectivity index (χ4v) is 2.63. The molecule has 1 aromatic rings. The molecule has 3 nitrogen and oxygen atoms in total. The van der Waals surface area contributed by atoms with E-state index >= 15 is 0 Å². The van der Waals surface area contributed by atoms with Gasteiger partial charge in [0.1, 0.15) is 4.88 Å². The molecule has 0 aliphatic carbocycles. The summed E-state index contributed by atoms with van der Waals surface area (Å²) in [5, 5.41) is 1.87. The van der Waals surface area contributed by atoms with Crippen LogP contribution in [0.5, 0.6) is 0 Å². The summed E-state index contributed by atoms with van der Waals surface area (Å²) in [7, 11) is 0. The largest absolute Gasteiger partial charge is 0.397 e. The molecule has 0 spiro atoms. The number of thiophene rings is 1. The number of piperidine rings is 1. The number of nitrogens with zero attached hydrogens (tertiary/aromatic N) is 1. The van der Waals surface area contributed by atoms with Gasteiger partial charge < -0.3 is 10.6 Å². The van der Waals surface area contributed by atoms with Gasteiger partial charge in [-0.15, -0.1) is 11.3 Å². The zero-order chi connectivity index (χ0) is 10.8. The van der Waals surface area contributed by atoms with E-state index in [-0.39, 0.29) is 5.91 Å². The Morgan fingerprint density at radius 2 is 2.20 bits per heavy atom. The van der Waals surface area contributed by atoms with Crippen LogP contribution in [-0.2, 0) is 0 Å². The highest BCUT2D eigenvalue weighted by atomic mass is 32.1. The van der Waals surface area contributed by atoms with Crippen LogP contribution in [0.3, 0.4) is 0 Å². The Bertz CT molecular complexity index is 353. The van der Waals surface area contributed by atoms with Crippen molar-refractivity contribution in [2.24, 2.45) is 5.92 Å². The van der Waals surface area contributed by atoms with Crippen LogP contribution in [0, 0.1) is 5.92 Å². The second kappa shape index (κ2) is 4.23. The van der Waals surface area contributed by atoms with Gasteiger partial charge in [-0.05, 0) is 30.2 Å². The number of carbonyl (C=O) groups excluding carboxylic acids is 1. The fraction of sp³-hybridized carbons (Fsp3) is 0.545. The average Bonchev–Trinajstić information content (AvgIpc) is 2.65. The molecule has 4 heteroatoms. The maximum atomic E-state index is 12.0. The summed E-state index contributed by atoms with van der Waals surface area (Å²) >= 11 is 1.44. The summed E-state index contributed by atoms with van der Waals surface area (Å²) in [5.41, 5.74) is 6.35. The summed E-state index contributed by atoms with van der Waals surface area (Å²) in [5.74, 6) is 0.851. The molecule has 1 fully saturated rings. The van der Waals surface area contributed by atoms with E-state index in [9.17, 15) is 4.79 Å². The Morgan fingerprint density at radius 3 is 2.73 bits per heavy atom. The minimum absolute atomic E-state index is 0.106. The van der Waals surface area contributed by atoms with Crippen molar-refractivity contribution in [3.8, 4) is 0 Å². The predicted octanol–water partition coefficient (Wildman–Crippen LogP) is 2.20. The van der Waals surface area contributed by atoms with Crippen molar-refractivity contribution in [3.63, 3.8) is 0 Å². The average molecular weight is 224 g/mol. The highest BCUT2D eigenvalue weighted by Crippen LogP contribution is 2.24. The number of nitrogen functional groups attached to an aromatic ring is 1. The molecule has 1 aromatic heterocycles. The van der Waals surface area contributed by atoms with Crippen LogP contribution in [0.25, 0.3) is 0 Å². The molecule has 2 rings (SSSR count). The van der Waals surface area contributed by atoms with Gasteiger partial charge in [-0.1, -0.05) is 6.92 Å². The van der Waals surface area contributed by atoms with E-state index in [2.05, 4.69) is 6.92 Å². The number of amides is 1. The summed E-state index contributed by atoms with van der Waals surface area (Å²) in [6, 6.07) is 1.80. The van der Waals surface area contributed by atoms with Crippen molar-refractivity contribution in [2.75, 3.05) is 18.8 Å². The molecule has 0 atom stereocenters. The maximum absolute atomic E-state index is 12.0. The lowest BCUT2D eigenvalue weighted by Crippen LogP contribution is -2.37. The predicted molar refractivity (Wildman–Crippen MR) is 63.0 cm³/mol. The van der Waals surface area contributed by atoms with E-state index in [1.54, 1.807) is 6.07 Å². The van der Waals surface area contributed by atoms with Crippen molar-refractivity contribution >= 4 is 22.9 Å². The molecule has 0 saturated carbocycles. The van der Waals surface area contributed by atoms with Gasteiger partial charge in [-0.25, -0.2) is 0 Å². The molecular formula is C11H16N2OS. The van der Waals surface area contributed by atoms with Gasteiger partial charge in [0.2, 0.25) is 0 Å². The molecular weight excluding hydrogens is 208 g/mol. The Balaban J connectivity index is 2.06. The SMILES string of the molecule is CC1CCN(C(=O)c2sccc2N)CC1. The molecule has 0 unspecified atom stereocenters. The molecule has 82 valence electrons. The second-order valence-corrected chi connectivity index (χ2v) is 5.10. The number of hydrogen-bond donors (Lipinski definition) is 1. The minimum Gasteiger partial charge on any atom is -0.397 e. The van der Waals surface area contributed by atoms with E-state index in [4.69, 9.17) is 5.73 Å². The number of anilines is 1. The lowest BCUT2D eigenvalue weighted by molar-refractivity contribution is 0.0703. The molecule has 1 saturated heterocycles. The van der Waals surface area contributed by atoms with Crippen molar-refractivity contribution in [1.29, 1.82) is 0 Å². The molecule has 1 amide bonds. The quantitative estimate of drug-likeness (QED) is 0.795. The second-order valence-electron chi connectivity index (χ2n) is 4.18. The monoisotopic (exact) mass is 224 g/mol. The number of carbonyl (C=O) groups is 1. The molecule has 0 aromatic carbocycles. The van der Waals surface area contributed by atoms with Gasteiger partial charge in [-0.3, -0.25) is 4.79 Å². The normalized spacial score (nSPS) is 18.1. The number of hydrogen-bond acceptors (Lipinski definition) is 3. The van der Waals surface area contributed by atoms with E-state index in [1.807, 2.05) is 10.3 Å². The Labute approximate surface area is 93.9 Å². The third kappa shape index (κ3) is 2.15. The number of rotatable bonds is 1. The van der Waals surface area contributed by atoms with Crippen LogP contribution in [0.4, 0.5) is 5.69 Å². The van der Waals surface area contributed by atoms with Crippen molar-refractivity contribution in [3.05, 3.63) is 16.3 Å². The van der Waals surface area contributed by atoms with Gasteiger partial charge in [0.25, 0.3) is 5.91 Å². The van der Waals surface area contributed by atoms with Gasteiger partial charge in [-0.2, -0.15) is 0 Å². The smallest absolute Gasteiger partial charge is 0.266 e. The number of nitrogens with two attached hydrogens (primary N) is 1. The molecule has 2 heterocycles. The molecule has 0 bridgehead atoms. The van der Waals surface area contributed by atoms with Crippen LogP contribution < -0.4 is 5.73 Å². The minimum atomic E-state index is 0.106. The van der Waals surface area contributed by atoms with Gasteiger partial charge in [0.05, 0.1) is 5.69 Å². The molecule has 15 heavy (non-hydrogen) atoms. The van der Waals surface area contributed by atoms with E-state index in [1.165, 1.54) is 11.3 Å². The van der Waals surface area contributed by atoms with Crippen molar-refractivity contribution in [2.45, 2.75) is 19.8 Å². The van der Waals surface area contributed by atoms with Gasteiger partial charge in [0.15, 0.2) is 0 Å². The molecule has 1 aliphatic heterocycles. The van der Waals surface area contributed by atoms with Crippen LogP contribution in [0.1, 0.15) is 29.4 Å². The van der Waals surface area contributed by atoms with Crippen molar-refractivity contribution < 1.29 is 4.79 Å². The Hall–Kier alpha value is -1.03. The Kier molecular flexibility index (Phi) is 2.95. The standard InChI is InChI=1S/C11H16N2OS/c1-8-2-5-13(6-3-8)11(14)10-9(12)4-7-15-10/h4,7-8H,2-3,5-6,12H2,1H3. The maximum Gasteiger partial charge on any atom is 0.266 e. The van der Waals surface area contributed by atoms with Crippen molar-refractivity contribution in [1.82, 2.24) is 4.90 Å². The first kappa shape index (κ1) is 10.5. The highest BCUT2D eigenvalue weighted by molar-refractivity contribution is 7.12. The lowest BCUT2D eigenvalue weighted by atomic mass is 9.99. The molecule has 2 N–H and O–H groups in total. The van der Waals surface area contributed by atoms with E-state index in [0.29, 0.717) is 10.6 Å². The van der Waals surface area contributed by atoms with E-state index in [0.717, 1.165) is 31.8 Å². The first-order valence-electron chi connectivity index (χ1n) is 5.30. The summed E-state index contributed by atoms with van der Waals surface area (Å²) in [4.78, 5) is 14.7. The summed E-state index contributed by atoms with van der Waals surface area (Å²) in [6.07, 6.45) is 2.22. The number of likely N-dealkylation sites (tertiary alicyclic amines) is 1. The Morgan fingerprint density at radius 1 is 1.53 bits per heavy atom. The zero-order valence-corrected chi connectivity index (χ0v) is 9.72. The lowest BCUT2D eigenvalue weighted by Gasteiger charge is -2.30. The van der Waals surface area contributed by atoms with Gasteiger partial charge >= 0.3 is 0 Å². The zero-order valence-electron chi connectivity index (χ0n) is 8.90. The fourth-order valence-electron chi connectivity index (χ4n) is 1.85. The summed E-state index contributed by atoms with van der Waals surface area (Å²) in [6.45, 7) is 3.98. The van der Waals surface area contributed by atoms with Crippen LogP contribution in [-0.4, -0.2) is 23.9 Å². The van der Waals surface area contributed by atoms with Crippen LogP contribution in [0.2, 0.25) is 0 Å². The molecule has 0 radical (unpaired) electrons.